The standard InChI is InChI=1S/C26H36N6O4.C25H31Cl2N5O4.C2H6/c1-15-24(23-16(2)32-36-17(23)3)30-26(31-25(15)29-19-6-8-34-9-7-19)18-10-20(28-5)12-22(11-18)35-14-21(33)13-27-4;1-14-20(15(2)36-32-14)22-21(27)24(31-25(3)7-9-34-10-8-25)30-23(29-22)18-11-17(5-6-19(18)26)35-13-16(33)12-28-4;1-2/h10-12,19,21,27-28,33H,6-9,13-14H2,1-5H3,(H,29,30,31);5-6,11,16,28,33H,7-10,12-13H2,1-4H3,(H,29,30,31);1-2H3. The number of halogens is 2. The van der Waals surface area contributed by atoms with E-state index in [4.69, 9.17) is 71.1 Å². The van der Waals surface area contributed by atoms with E-state index < -0.39 is 12.2 Å². The largest absolute Gasteiger partial charge is 0.491 e. The van der Waals surface area contributed by atoms with Crippen LogP contribution in [0.3, 0.4) is 0 Å². The van der Waals surface area contributed by atoms with Crippen LogP contribution in [0.4, 0.5) is 17.3 Å². The quantitative estimate of drug-likeness (QED) is 0.0400. The maximum absolute atomic E-state index is 10.1. The summed E-state index contributed by atoms with van der Waals surface area (Å²) >= 11 is 13.5. The maximum atomic E-state index is 10.1. The van der Waals surface area contributed by atoms with Crippen molar-refractivity contribution in [3.05, 3.63) is 74.9 Å². The fourth-order valence-corrected chi connectivity index (χ4v) is 8.88. The van der Waals surface area contributed by atoms with E-state index in [1.54, 1.807) is 32.3 Å². The van der Waals surface area contributed by atoms with Gasteiger partial charge in [-0.2, -0.15) is 0 Å². The molecule has 2 aliphatic rings. The van der Waals surface area contributed by atoms with Crippen molar-refractivity contribution < 1.29 is 38.2 Å². The number of aliphatic hydroxyl groups is 2. The molecule has 6 heterocycles. The summed E-state index contributed by atoms with van der Waals surface area (Å²) in [6.07, 6.45) is 2.19. The Balaban J connectivity index is 0.000000233. The highest BCUT2D eigenvalue weighted by Crippen LogP contribution is 2.41. The summed E-state index contributed by atoms with van der Waals surface area (Å²) in [6, 6.07) is 11.3. The van der Waals surface area contributed by atoms with E-state index in [9.17, 15) is 10.2 Å². The van der Waals surface area contributed by atoms with Gasteiger partial charge in [0.2, 0.25) is 0 Å². The molecule has 6 aromatic rings. The van der Waals surface area contributed by atoms with Gasteiger partial charge in [0.1, 0.15) is 70.8 Å². The van der Waals surface area contributed by atoms with Crippen LogP contribution >= 0.6 is 23.2 Å². The molecule has 21 heteroatoms. The highest BCUT2D eigenvalue weighted by atomic mass is 35.5. The number of aromatic nitrogens is 6. The molecule has 0 bridgehead atoms. The Morgan fingerprint density at radius 2 is 1.27 bits per heavy atom. The Morgan fingerprint density at radius 3 is 1.85 bits per heavy atom. The molecule has 0 radical (unpaired) electrons. The number of aryl methyl sites for hydroxylation is 4. The van der Waals surface area contributed by atoms with Crippen molar-refractivity contribution in [1.82, 2.24) is 40.9 Å². The summed E-state index contributed by atoms with van der Waals surface area (Å²) in [6.45, 7) is 19.6. The molecule has 402 valence electrons. The van der Waals surface area contributed by atoms with Crippen LogP contribution in [0.15, 0.2) is 45.4 Å². The lowest BCUT2D eigenvalue weighted by Gasteiger charge is -2.35. The molecule has 7 N–H and O–H groups in total. The summed E-state index contributed by atoms with van der Waals surface area (Å²) in [7, 11) is 5.41. The highest BCUT2D eigenvalue weighted by molar-refractivity contribution is 6.36. The first kappa shape index (κ1) is 57.6. The molecule has 2 atom stereocenters. The Hall–Kier alpha value is -5.64. The number of ether oxygens (including phenoxy) is 4. The van der Waals surface area contributed by atoms with Gasteiger partial charge in [0, 0.05) is 86.6 Å². The second-order valence-electron chi connectivity index (χ2n) is 18.3. The van der Waals surface area contributed by atoms with Crippen molar-refractivity contribution in [3.8, 4) is 56.8 Å². The fraction of sp³-hybridized carbons (Fsp3) is 0.509. The van der Waals surface area contributed by atoms with Crippen molar-refractivity contribution in [1.29, 1.82) is 0 Å². The summed E-state index contributed by atoms with van der Waals surface area (Å²) < 4.78 is 33.6. The molecule has 19 nitrogen and oxygen atoms in total. The van der Waals surface area contributed by atoms with Crippen LogP contribution in [-0.4, -0.2) is 138 Å². The predicted octanol–water partition coefficient (Wildman–Crippen LogP) is 9.00. The van der Waals surface area contributed by atoms with E-state index >= 15 is 0 Å². The predicted molar refractivity (Wildman–Crippen MR) is 291 cm³/mol. The number of rotatable bonds is 19. The minimum Gasteiger partial charge on any atom is -0.491 e. The molecular weight excluding hydrogens is 990 g/mol. The number of aliphatic hydroxyl groups excluding tert-OH is 2. The van der Waals surface area contributed by atoms with Gasteiger partial charge in [0.25, 0.3) is 0 Å². The number of hydrogen-bond donors (Lipinski definition) is 7. The first-order chi connectivity index (χ1) is 35.6. The lowest BCUT2D eigenvalue weighted by atomic mass is 9.92. The molecule has 0 amide bonds. The van der Waals surface area contributed by atoms with Gasteiger partial charge in [-0.05, 0) is 112 Å². The van der Waals surface area contributed by atoms with E-state index in [1.807, 2.05) is 73.7 Å². The number of nitrogens with one attached hydrogen (secondary N) is 5. The zero-order valence-electron chi connectivity index (χ0n) is 44.5. The molecule has 2 saturated heterocycles. The maximum Gasteiger partial charge on any atom is 0.163 e. The molecular formula is C53H73Cl2N11O8. The van der Waals surface area contributed by atoms with E-state index in [1.165, 1.54) is 0 Å². The molecule has 2 unspecified atom stereocenters. The van der Waals surface area contributed by atoms with Crippen LogP contribution in [0, 0.1) is 34.6 Å². The first-order valence-electron chi connectivity index (χ1n) is 25.2. The first-order valence-corrected chi connectivity index (χ1v) is 25.9. The fourth-order valence-electron chi connectivity index (χ4n) is 8.45. The minimum absolute atomic E-state index is 0.126. The molecule has 8 rings (SSSR count). The van der Waals surface area contributed by atoms with Crippen molar-refractivity contribution in [2.24, 2.45) is 0 Å². The van der Waals surface area contributed by atoms with Crippen molar-refractivity contribution in [2.45, 2.75) is 105 Å². The second kappa shape index (κ2) is 27.2. The summed E-state index contributed by atoms with van der Waals surface area (Å²) in [4.78, 5) is 19.5. The number of nitrogens with zero attached hydrogens (tertiary/aromatic N) is 6. The average Bonchev–Trinajstić information content (AvgIpc) is 3.92. The molecule has 4 aromatic heterocycles. The minimum atomic E-state index is -0.650. The van der Waals surface area contributed by atoms with Gasteiger partial charge in [-0.1, -0.05) is 47.4 Å². The van der Waals surface area contributed by atoms with E-state index in [0.29, 0.717) is 99.3 Å². The summed E-state index contributed by atoms with van der Waals surface area (Å²) in [5.41, 5.74) is 7.24. The molecule has 0 spiro atoms. The van der Waals surface area contributed by atoms with Crippen LogP contribution < -0.4 is 36.1 Å². The van der Waals surface area contributed by atoms with Crippen molar-refractivity contribution >= 4 is 40.5 Å². The Labute approximate surface area is 444 Å². The zero-order valence-corrected chi connectivity index (χ0v) is 46.0. The number of likely N-dealkylation sites (N-methyl/N-ethyl adjacent to an activating group) is 2. The van der Waals surface area contributed by atoms with Gasteiger partial charge in [-0.15, -0.1) is 0 Å². The van der Waals surface area contributed by atoms with Crippen molar-refractivity contribution in [3.63, 3.8) is 0 Å². The average molecular weight is 1060 g/mol. The van der Waals surface area contributed by atoms with Crippen LogP contribution in [0.5, 0.6) is 11.5 Å². The lowest BCUT2D eigenvalue weighted by molar-refractivity contribution is 0.0657. The van der Waals surface area contributed by atoms with Gasteiger partial charge < -0.3 is 64.8 Å². The zero-order chi connectivity index (χ0) is 53.5. The normalized spacial score (nSPS) is 15.2. The van der Waals surface area contributed by atoms with Gasteiger partial charge in [0.05, 0.1) is 33.2 Å². The van der Waals surface area contributed by atoms with Gasteiger partial charge >= 0.3 is 0 Å². The molecule has 2 fully saturated rings. The summed E-state index contributed by atoms with van der Waals surface area (Å²) in [5, 5.41) is 45.3. The SMILES string of the molecule is CC.CNCC(O)COc1cc(NC)cc(-c2nc(NC3CCOCC3)c(C)c(-c3c(C)noc3C)n2)c1.CNCC(O)COc1ccc(Cl)c(-c2nc(NC3(C)CCOCC3)c(Cl)c(-c3c(C)noc3C)n2)c1. The van der Waals surface area contributed by atoms with Gasteiger partial charge in [-0.3, -0.25) is 0 Å². The third-order valence-corrected chi connectivity index (χ3v) is 13.2. The molecule has 0 aliphatic carbocycles. The van der Waals surface area contributed by atoms with Gasteiger partial charge in [-0.25, -0.2) is 19.9 Å². The summed E-state index contributed by atoms with van der Waals surface area (Å²) in [5.74, 6) is 4.67. The number of anilines is 3. The molecule has 2 aliphatic heterocycles. The van der Waals surface area contributed by atoms with E-state index in [-0.39, 0.29) is 24.8 Å². The third-order valence-electron chi connectivity index (χ3n) is 12.5. The third kappa shape index (κ3) is 14.8. The lowest BCUT2D eigenvalue weighted by Crippen LogP contribution is -2.41. The van der Waals surface area contributed by atoms with E-state index in [2.05, 4.69) is 43.8 Å². The second-order valence-corrected chi connectivity index (χ2v) is 19.1. The number of hydrogen-bond acceptors (Lipinski definition) is 19. The molecule has 2 aromatic carbocycles. The molecule has 74 heavy (non-hydrogen) atoms. The van der Waals surface area contributed by atoms with Crippen LogP contribution in [-0.2, 0) is 9.47 Å². The van der Waals surface area contributed by atoms with E-state index in [0.717, 1.165) is 78.5 Å². The van der Waals surface area contributed by atoms with Crippen LogP contribution in [0.2, 0.25) is 10.0 Å². The smallest absolute Gasteiger partial charge is 0.163 e. The monoisotopic (exact) mass is 1060 g/mol. The Kier molecular flexibility index (Phi) is 21.2. The van der Waals surface area contributed by atoms with Crippen LogP contribution in [0.25, 0.3) is 45.3 Å². The van der Waals surface area contributed by atoms with Gasteiger partial charge in [0.15, 0.2) is 11.6 Å². The van der Waals surface area contributed by atoms with Crippen LogP contribution in [0.1, 0.15) is 74.9 Å². The number of benzene rings is 2. The molecule has 0 saturated carbocycles. The highest BCUT2D eigenvalue weighted by Gasteiger charge is 2.31. The topological polar surface area (TPSA) is 241 Å². The Morgan fingerprint density at radius 1 is 0.703 bits per heavy atom. The van der Waals surface area contributed by atoms with Crippen molar-refractivity contribution in [2.75, 3.05) is 89.8 Å². The Bertz CT molecular complexity index is 2720.